The monoisotopic (exact) mass is 1250 g/mol. The molecule has 0 spiro atoms. The van der Waals surface area contributed by atoms with Crippen molar-refractivity contribution in [3.05, 3.63) is 0 Å². The van der Waals surface area contributed by atoms with E-state index < -0.39 is 148 Å². The molecule has 18 unspecified atom stereocenters. The first-order valence-electron chi connectivity index (χ1n) is 33.9. The fourth-order valence-corrected chi connectivity index (χ4v) is 12.1. The van der Waals surface area contributed by atoms with Crippen LogP contribution in [-0.2, 0) is 42.8 Å². The SMILES string of the molecule is CCCCCCCCCCCCCCCCCCCCC(=O)NC(COC1OC(CO)C(OC2OC(CO)C(O)C(OC3(C(=O)O)CC(O)C(NC(C)=O)C(C(O)C(O)CO)O3)C2O)C(O)C1O)C(O)CCCCCCCCCCCCCCCCC. The highest BCUT2D eigenvalue weighted by Gasteiger charge is 2.60. The number of rotatable bonds is 51. The molecule has 3 fully saturated rings. The number of aliphatic carboxylic acids is 1. The Morgan fingerprint density at radius 1 is 0.552 bits per heavy atom. The largest absolute Gasteiger partial charge is 0.477 e. The molecule has 3 heterocycles. The van der Waals surface area contributed by atoms with Crippen LogP contribution in [0.25, 0.3) is 0 Å². The molecule has 0 bridgehead atoms. The van der Waals surface area contributed by atoms with Gasteiger partial charge in [0.2, 0.25) is 11.8 Å². The van der Waals surface area contributed by atoms with E-state index in [0.717, 1.165) is 51.9 Å². The van der Waals surface area contributed by atoms with Gasteiger partial charge in [-0.1, -0.05) is 219 Å². The predicted octanol–water partition coefficient (Wildman–Crippen LogP) is 5.34. The number of unbranched alkanes of at least 4 members (excludes halogenated alkanes) is 31. The summed E-state index contributed by atoms with van der Waals surface area (Å²) in [4.78, 5) is 38.5. The minimum absolute atomic E-state index is 0.229. The molecule has 3 saturated heterocycles. The van der Waals surface area contributed by atoms with Crippen LogP contribution in [-0.4, -0.2) is 215 Å². The van der Waals surface area contributed by atoms with Gasteiger partial charge in [-0.15, -0.1) is 0 Å². The quantitative estimate of drug-likeness (QED) is 0.0342. The van der Waals surface area contributed by atoms with Crippen molar-refractivity contribution in [2.24, 2.45) is 0 Å². The number of carbonyl (C=O) groups excluding carboxylic acids is 2. The zero-order chi connectivity index (χ0) is 64.0. The molecule has 0 aromatic heterocycles. The molecule has 0 saturated carbocycles. The van der Waals surface area contributed by atoms with Gasteiger partial charge >= 0.3 is 5.97 Å². The van der Waals surface area contributed by atoms with E-state index in [0.29, 0.717) is 19.3 Å². The Morgan fingerprint density at radius 3 is 1.44 bits per heavy atom. The number of carboxylic acids is 1. The molecule has 0 radical (unpaired) electrons. The number of carbonyl (C=O) groups is 3. The zero-order valence-corrected chi connectivity index (χ0v) is 53.1. The lowest BCUT2D eigenvalue weighted by Crippen LogP contribution is -2.70. The van der Waals surface area contributed by atoms with Gasteiger partial charge in [0.1, 0.15) is 67.1 Å². The Kier molecular flexibility index (Phi) is 41.7. The van der Waals surface area contributed by atoms with Crippen LogP contribution in [0.4, 0.5) is 0 Å². The molecule has 87 heavy (non-hydrogen) atoms. The molecule has 18 atom stereocenters. The Bertz CT molecular complexity index is 1780. The van der Waals surface area contributed by atoms with E-state index in [1.165, 1.54) is 154 Å². The van der Waals surface area contributed by atoms with E-state index >= 15 is 0 Å². The average Bonchev–Trinajstić information content (AvgIpc) is 1.02. The Hall–Kier alpha value is -2.27. The third-order valence-electron chi connectivity index (χ3n) is 17.6. The topological polar surface area (TPSA) is 373 Å². The van der Waals surface area contributed by atoms with Gasteiger partial charge in [0.15, 0.2) is 12.6 Å². The normalized spacial score (nSPS) is 29.1. The van der Waals surface area contributed by atoms with Gasteiger partial charge in [0.05, 0.1) is 50.7 Å². The Morgan fingerprint density at radius 2 is 1.00 bits per heavy atom. The van der Waals surface area contributed by atoms with Crippen molar-refractivity contribution >= 4 is 17.8 Å². The molecule has 0 aromatic carbocycles. The van der Waals surface area contributed by atoms with Crippen LogP contribution in [0.1, 0.15) is 252 Å². The van der Waals surface area contributed by atoms with Crippen molar-refractivity contribution in [1.82, 2.24) is 10.6 Å². The van der Waals surface area contributed by atoms with Crippen molar-refractivity contribution in [2.75, 3.05) is 26.4 Å². The number of nitrogens with one attached hydrogen (secondary N) is 2. The van der Waals surface area contributed by atoms with Crippen LogP contribution < -0.4 is 10.6 Å². The lowest BCUT2D eigenvalue weighted by molar-refractivity contribution is -0.386. The van der Waals surface area contributed by atoms with Gasteiger partial charge < -0.3 is 100 Å². The molecular weight excluding hydrogens is 1130 g/mol. The Labute approximate surface area is 519 Å². The summed E-state index contributed by atoms with van der Waals surface area (Å²) in [5, 5.41) is 136. The molecule has 512 valence electrons. The highest BCUT2D eigenvalue weighted by Crippen LogP contribution is 2.39. The van der Waals surface area contributed by atoms with Crippen LogP contribution in [0.15, 0.2) is 0 Å². The van der Waals surface area contributed by atoms with E-state index in [9.17, 15) is 75.7 Å². The van der Waals surface area contributed by atoms with Gasteiger partial charge in [0, 0.05) is 19.8 Å². The van der Waals surface area contributed by atoms with Gasteiger partial charge in [-0.05, 0) is 12.8 Å². The summed E-state index contributed by atoms with van der Waals surface area (Å²) in [6.07, 6.45) is 11.0. The predicted molar refractivity (Wildman–Crippen MR) is 325 cm³/mol. The molecular formula is C64H120N2O21. The summed E-state index contributed by atoms with van der Waals surface area (Å²) in [5.74, 6) is -6.09. The van der Waals surface area contributed by atoms with E-state index in [4.69, 9.17) is 28.4 Å². The van der Waals surface area contributed by atoms with Gasteiger partial charge in [0.25, 0.3) is 5.79 Å². The smallest absolute Gasteiger partial charge is 0.364 e. The first-order chi connectivity index (χ1) is 41.9. The van der Waals surface area contributed by atoms with Gasteiger partial charge in [-0.3, -0.25) is 9.59 Å². The maximum Gasteiger partial charge on any atom is 0.364 e. The minimum Gasteiger partial charge on any atom is -0.477 e. The number of amides is 2. The minimum atomic E-state index is -3.08. The summed E-state index contributed by atoms with van der Waals surface area (Å²) in [6.45, 7) is 2.21. The molecule has 0 aromatic rings. The number of hydrogen-bond acceptors (Lipinski definition) is 20. The molecule has 3 aliphatic heterocycles. The molecule has 3 aliphatic rings. The number of ether oxygens (including phenoxy) is 6. The van der Waals surface area contributed by atoms with Crippen molar-refractivity contribution in [3.8, 4) is 0 Å². The van der Waals surface area contributed by atoms with E-state index in [1.807, 2.05) is 0 Å². The highest BCUT2D eigenvalue weighted by atomic mass is 16.8. The molecule has 23 heteroatoms. The average molecular weight is 1250 g/mol. The summed E-state index contributed by atoms with van der Waals surface area (Å²) in [7, 11) is 0. The summed E-state index contributed by atoms with van der Waals surface area (Å²) in [6, 6.07) is -2.52. The summed E-state index contributed by atoms with van der Waals surface area (Å²) < 4.78 is 34.8. The number of hydrogen-bond donors (Lipinski definition) is 14. The molecule has 0 aliphatic carbocycles. The Balaban J connectivity index is 1.61. The zero-order valence-electron chi connectivity index (χ0n) is 53.1. The maximum atomic E-state index is 13.4. The van der Waals surface area contributed by atoms with Crippen molar-refractivity contribution in [1.29, 1.82) is 0 Å². The van der Waals surface area contributed by atoms with Crippen LogP contribution in [0.2, 0.25) is 0 Å². The standard InChI is InChI=1S/C64H120N2O21/c1-4-6-8-10-12-14-16-18-20-21-22-24-26-28-30-32-34-36-38-51(74)66-45(46(71)37-35-33-31-29-27-25-23-19-17-15-13-11-9-7-5-2)43-82-61-56(78)55(77)58(50(42-69)84-61)85-62-57(79)60(54(76)49(41-68)83-62)87-64(63(80)81)39-47(72)52(65-44(3)70)59(86-64)53(75)48(73)40-67/h45-50,52-62,67-69,71-73,75-79H,4-43H2,1-3H3,(H,65,70)(H,66,74)(H,80,81). The fourth-order valence-electron chi connectivity index (χ4n) is 12.1. The maximum absolute atomic E-state index is 13.4. The van der Waals surface area contributed by atoms with Crippen LogP contribution in [0, 0.1) is 0 Å². The first-order valence-corrected chi connectivity index (χ1v) is 33.9. The van der Waals surface area contributed by atoms with E-state index in [-0.39, 0.29) is 18.9 Å². The van der Waals surface area contributed by atoms with E-state index in [1.54, 1.807) is 0 Å². The van der Waals surface area contributed by atoms with Crippen LogP contribution in [0.5, 0.6) is 0 Å². The van der Waals surface area contributed by atoms with Gasteiger partial charge in [-0.2, -0.15) is 0 Å². The van der Waals surface area contributed by atoms with Crippen molar-refractivity contribution in [2.45, 2.75) is 362 Å². The fraction of sp³-hybridized carbons (Fsp3) is 0.953. The number of aliphatic hydroxyl groups excluding tert-OH is 11. The van der Waals surface area contributed by atoms with E-state index in [2.05, 4.69) is 24.5 Å². The molecule has 2 amide bonds. The summed E-state index contributed by atoms with van der Waals surface area (Å²) in [5.41, 5.74) is 0. The second kappa shape index (κ2) is 45.9. The first kappa shape index (κ1) is 79.0. The van der Waals surface area contributed by atoms with Gasteiger partial charge in [-0.25, -0.2) is 4.79 Å². The number of aliphatic hydroxyl groups is 11. The van der Waals surface area contributed by atoms with Crippen LogP contribution in [0.3, 0.4) is 0 Å². The lowest BCUT2D eigenvalue weighted by Gasteiger charge is -2.50. The third-order valence-corrected chi connectivity index (χ3v) is 17.6. The lowest BCUT2D eigenvalue weighted by atomic mass is 9.88. The molecule has 23 nitrogen and oxygen atoms in total. The third kappa shape index (κ3) is 29.1. The second-order valence-corrected chi connectivity index (χ2v) is 25.0. The number of carboxylic acid groups (broad SMARTS) is 1. The highest BCUT2D eigenvalue weighted by molar-refractivity contribution is 5.77. The van der Waals surface area contributed by atoms with Crippen molar-refractivity contribution < 1.29 is 104 Å². The van der Waals surface area contributed by atoms with Crippen molar-refractivity contribution in [3.63, 3.8) is 0 Å². The van der Waals surface area contributed by atoms with Crippen LogP contribution >= 0.6 is 0 Å². The second-order valence-electron chi connectivity index (χ2n) is 25.0. The molecule has 14 N–H and O–H groups in total. The summed E-state index contributed by atoms with van der Waals surface area (Å²) >= 11 is 0. The molecule has 3 rings (SSSR count).